The molecule has 0 unspecified atom stereocenters. The third-order valence-electron chi connectivity index (χ3n) is 3.07. The summed E-state index contributed by atoms with van der Waals surface area (Å²) < 4.78 is 2.74. The molecule has 0 saturated carbocycles. The Labute approximate surface area is 119 Å². The van der Waals surface area contributed by atoms with E-state index in [2.05, 4.69) is 30.7 Å². The number of aryl methyl sites for hydroxylation is 2. The average Bonchev–Trinajstić information content (AvgIpc) is 2.83. The van der Waals surface area contributed by atoms with Crippen LogP contribution in [0.1, 0.15) is 11.5 Å². The van der Waals surface area contributed by atoms with E-state index >= 15 is 0 Å². The zero-order valence-electron chi connectivity index (χ0n) is 11.9. The van der Waals surface area contributed by atoms with E-state index < -0.39 is 0 Å². The maximum absolute atomic E-state index is 12.3. The topological polar surface area (TPSA) is 103 Å². The maximum atomic E-state index is 12.3. The summed E-state index contributed by atoms with van der Waals surface area (Å²) in [7, 11) is 3.49. The molecule has 3 heterocycles. The number of aromatic nitrogens is 7. The van der Waals surface area contributed by atoms with Gasteiger partial charge in [0.2, 0.25) is 0 Å². The van der Waals surface area contributed by atoms with Gasteiger partial charge in [-0.25, -0.2) is 19.3 Å². The standard InChI is InChI=1S/C12H14N8O/c1-7-4-9(13-2)16-10(15-7)6-20-12(21)8-5-14-19(3)11(8)17-18-20/h4-5H,6H2,1-3H3,(H,13,15,16). The van der Waals surface area contributed by atoms with Gasteiger partial charge >= 0.3 is 0 Å². The molecule has 0 aromatic carbocycles. The first-order chi connectivity index (χ1) is 10.1. The van der Waals surface area contributed by atoms with Crippen molar-refractivity contribution in [2.75, 3.05) is 12.4 Å². The van der Waals surface area contributed by atoms with E-state index in [4.69, 9.17) is 0 Å². The van der Waals surface area contributed by atoms with Crippen LogP contribution in [0.15, 0.2) is 17.1 Å². The lowest BCUT2D eigenvalue weighted by Gasteiger charge is -2.06. The van der Waals surface area contributed by atoms with Gasteiger partial charge in [-0.2, -0.15) is 5.10 Å². The van der Waals surface area contributed by atoms with E-state index in [-0.39, 0.29) is 12.1 Å². The van der Waals surface area contributed by atoms with Crippen molar-refractivity contribution in [3.63, 3.8) is 0 Å². The highest BCUT2D eigenvalue weighted by molar-refractivity contribution is 5.72. The Morgan fingerprint density at radius 1 is 1.33 bits per heavy atom. The molecule has 3 rings (SSSR count). The van der Waals surface area contributed by atoms with Gasteiger partial charge < -0.3 is 5.32 Å². The molecule has 0 aliphatic carbocycles. The van der Waals surface area contributed by atoms with Gasteiger partial charge in [-0.1, -0.05) is 5.21 Å². The van der Waals surface area contributed by atoms with E-state index in [0.717, 1.165) is 5.69 Å². The first-order valence-corrected chi connectivity index (χ1v) is 6.36. The van der Waals surface area contributed by atoms with E-state index in [9.17, 15) is 4.79 Å². The molecule has 0 aliphatic rings. The van der Waals surface area contributed by atoms with Crippen molar-refractivity contribution in [1.29, 1.82) is 0 Å². The van der Waals surface area contributed by atoms with Crippen LogP contribution in [0.2, 0.25) is 0 Å². The lowest BCUT2D eigenvalue weighted by molar-refractivity contribution is 0.576. The number of hydrogen-bond acceptors (Lipinski definition) is 7. The molecule has 0 fully saturated rings. The Hall–Kier alpha value is -2.84. The van der Waals surface area contributed by atoms with Crippen molar-refractivity contribution in [1.82, 2.24) is 34.7 Å². The summed E-state index contributed by atoms with van der Waals surface area (Å²) in [5.41, 5.74) is 1.01. The molecule has 0 bridgehead atoms. The lowest BCUT2D eigenvalue weighted by Crippen LogP contribution is -2.25. The minimum Gasteiger partial charge on any atom is -0.373 e. The summed E-state index contributed by atoms with van der Waals surface area (Å²) >= 11 is 0. The summed E-state index contributed by atoms with van der Waals surface area (Å²) in [6.45, 7) is 2.03. The summed E-state index contributed by atoms with van der Waals surface area (Å²) in [5.74, 6) is 1.19. The number of rotatable bonds is 3. The minimum absolute atomic E-state index is 0.160. The maximum Gasteiger partial charge on any atom is 0.281 e. The number of hydrogen-bond donors (Lipinski definition) is 1. The predicted molar refractivity (Wildman–Crippen MR) is 76.0 cm³/mol. The molecule has 0 spiro atoms. The first-order valence-electron chi connectivity index (χ1n) is 6.36. The van der Waals surface area contributed by atoms with Gasteiger partial charge in [-0.05, 0) is 6.92 Å². The zero-order chi connectivity index (χ0) is 15.0. The van der Waals surface area contributed by atoms with Crippen LogP contribution in [0.25, 0.3) is 11.0 Å². The van der Waals surface area contributed by atoms with Crippen LogP contribution >= 0.6 is 0 Å². The van der Waals surface area contributed by atoms with Crippen LogP contribution in [-0.2, 0) is 13.6 Å². The smallest absolute Gasteiger partial charge is 0.281 e. The Morgan fingerprint density at radius 2 is 2.14 bits per heavy atom. The Bertz CT molecular complexity index is 865. The SMILES string of the molecule is CNc1cc(C)nc(Cn2nnc3c(cnn3C)c2=O)n1. The molecule has 3 aromatic heterocycles. The predicted octanol–water partition coefficient (Wildman–Crippen LogP) is -0.287. The van der Waals surface area contributed by atoms with Gasteiger partial charge in [0.25, 0.3) is 5.56 Å². The van der Waals surface area contributed by atoms with E-state index in [1.807, 2.05) is 13.0 Å². The van der Waals surface area contributed by atoms with Crippen molar-refractivity contribution in [2.45, 2.75) is 13.5 Å². The van der Waals surface area contributed by atoms with Crippen LogP contribution in [0.4, 0.5) is 5.82 Å². The molecule has 0 aliphatic heterocycles. The molecule has 9 nitrogen and oxygen atoms in total. The van der Waals surface area contributed by atoms with E-state index in [0.29, 0.717) is 22.7 Å². The Morgan fingerprint density at radius 3 is 2.90 bits per heavy atom. The molecular weight excluding hydrogens is 272 g/mol. The normalized spacial score (nSPS) is 11.0. The molecule has 0 radical (unpaired) electrons. The number of anilines is 1. The number of nitrogens with one attached hydrogen (secondary N) is 1. The molecule has 9 heteroatoms. The van der Waals surface area contributed by atoms with Gasteiger partial charge in [0.1, 0.15) is 17.7 Å². The van der Waals surface area contributed by atoms with E-state index in [1.165, 1.54) is 15.6 Å². The van der Waals surface area contributed by atoms with Gasteiger partial charge in [0.05, 0.1) is 6.20 Å². The van der Waals surface area contributed by atoms with Crippen molar-refractivity contribution < 1.29 is 0 Å². The second-order valence-electron chi connectivity index (χ2n) is 4.62. The van der Waals surface area contributed by atoms with Crippen molar-refractivity contribution in [3.05, 3.63) is 34.1 Å². The van der Waals surface area contributed by atoms with Gasteiger partial charge in [-0.15, -0.1) is 5.10 Å². The highest BCUT2D eigenvalue weighted by Gasteiger charge is 2.11. The van der Waals surface area contributed by atoms with Crippen molar-refractivity contribution >= 4 is 16.9 Å². The molecule has 0 amide bonds. The van der Waals surface area contributed by atoms with Crippen molar-refractivity contribution in [2.24, 2.45) is 7.05 Å². The molecule has 21 heavy (non-hydrogen) atoms. The Balaban J connectivity index is 2.04. The molecule has 108 valence electrons. The molecule has 3 aromatic rings. The molecule has 0 atom stereocenters. The second kappa shape index (κ2) is 4.93. The fraction of sp³-hybridized carbons (Fsp3) is 0.333. The lowest BCUT2D eigenvalue weighted by atomic mass is 10.4. The van der Waals surface area contributed by atoms with Gasteiger partial charge in [0.15, 0.2) is 11.5 Å². The summed E-state index contributed by atoms with van der Waals surface area (Å²) in [6.07, 6.45) is 1.49. The molecule has 1 N–H and O–H groups in total. The van der Waals surface area contributed by atoms with Gasteiger partial charge in [-0.3, -0.25) is 4.79 Å². The van der Waals surface area contributed by atoms with Crippen LogP contribution in [0.5, 0.6) is 0 Å². The van der Waals surface area contributed by atoms with Crippen LogP contribution in [0.3, 0.4) is 0 Å². The molecule has 0 saturated heterocycles. The third kappa shape index (κ3) is 2.33. The number of fused-ring (bicyclic) bond motifs is 1. The largest absolute Gasteiger partial charge is 0.373 e. The average molecular weight is 286 g/mol. The van der Waals surface area contributed by atoms with Gasteiger partial charge in [0, 0.05) is 25.9 Å². The summed E-state index contributed by atoms with van der Waals surface area (Å²) in [4.78, 5) is 20.9. The zero-order valence-corrected chi connectivity index (χ0v) is 11.9. The molecular formula is C12H14N8O. The monoisotopic (exact) mass is 286 g/mol. The fourth-order valence-corrected chi connectivity index (χ4v) is 2.04. The summed E-state index contributed by atoms with van der Waals surface area (Å²) in [5, 5.41) is 15.3. The third-order valence-corrected chi connectivity index (χ3v) is 3.07. The highest BCUT2D eigenvalue weighted by atomic mass is 16.1. The van der Waals surface area contributed by atoms with Crippen LogP contribution in [0, 0.1) is 6.92 Å². The van der Waals surface area contributed by atoms with Crippen LogP contribution < -0.4 is 10.9 Å². The van der Waals surface area contributed by atoms with E-state index in [1.54, 1.807) is 14.1 Å². The Kier molecular flexibility index (Phi) is 3.09. The quantitative estimate of drug-likeness (QED) is 0.705. The fourth-order valence-electron chi connectivity index (χ4n) is 2.04. The highest BCUT2D eigenvalue weighted by Crippen LogP contribution is 2.06. The first kappa shape index (κ1) is 13.2. The minimum atomic E-state index is -0.260. The van der Waals surface area contributed by atoms with Crippen LogP contribution in [-0.4, -0.2) is 41.8 Å². The van der Waals surface area contributed by atoms with Crippen molar-refractivity contribution in [3.8, 4) is 0 Å². The summed E-state index contributed by atoms with van der Waals surface area (Å²) in [6, 6.07) is 1.82. The number of nitrogens with zero attached hydrogens (tertiary/aromatic N) is 7. The second-order valence-corrected chi connectivity index (χ2v) is 4.62.